The summed E-state index contributed by atoms with van der Waals surface area (Å²) < 4.78 is 6.31. The predicted octanol–water partition coefficient (Wildman–Crippen LogP) is 3.85. The Morgan fingerprint density at radius 2 is 1.90 bits per heavy atom. The SMILES string of the molecule is CC(C)(C)C1(C2CCOC3(CCSCC3)C2)CCCN1. The first kappa shape index (κ1) is 15.2. The van der Waals surface area contributed by atoms with Crippen molar-refractivity contribution in [1.82, 2.24) is 5.32 Å². The Hall–Kier alpha value is 0.270. The third-order valence-corrected chi connectivity index (χ3v) is 7.11. The molecule has 0 aromatic heterocycles. The highest BCUT2D eigenvalue weighted by atomic mass is 32.2. The molecule has 1 N–H and O–H groups in total. The second-order valence-electron chi connectivity index (χ2n) is 8.09. The second kappa shape index (κ2) is 5.48. The van der Waals surface area contributed by atoms with E-state index in [0.717, 1.165) is 12.5 Å². The number of ether oxygens (including phenoxy) is 1. The second-order valence-corrected chi connectivity index (χ2v) is 9.31. The van der Waals surface area contributed by atoms with Crippen LogP contribution in [-0.2, 0) is 4.74 Å². The minimum atomic E-state index is 0.219. The van der Waals surface area contributed by atoms with Crippen molar-refractivity contribution in [3.8, 4) is 0 Å². The molecule has 0 aromatic rings. The highest BCUT2D eigenvalue weighted by Gasteiger charge is 2.53. The molecule has 0 bridgehead atoms. The summed E-state index contributed by atoms with van der Waals surface area (Å²) in [5.74, 6) is 3.38. The van der Waals surface area contributed by atoms with Gasteiger partial charge in [-0.2, -0.15) is 11.8 Å². The number of nitrogens with one attached hydrogen (secondary N) is 1. The lowest BCUT2D eigenvalue weighted by Gasteiger charge is -2.54. The first-order valence-corrected chi connectivity index (χ1v) is 9.60. The van der Waals surface area contributed by atoms with Crippen LogP contribution in [0.3, 0.4) is 0 Å². The number of hydrogen-bond donors (Lipinski definition) is 1. The summed E-state index contributed by atoms with van der Waals surface area (Å²) in [6.45, 7) is 9.49. The average Bonchev–Trinajstić information content (AvgIpc) is 2.90. The van der Waals surface area contributed by atoms with Crippen LogP contribution in [0.25, 0.3) is 0 Å². The standard InChI is InChI=1S/C17H31NOS/c1-15(2,3)17(6-4-9-18-17)14-5-10-19-16(13-14)7-11-20-12-8-16/h14,18H,4-13H2,1-3H3. The summed E-state index contributed by atoms with van der Waals surface area (Å²) in [7, 11) is 0. The van der Waals surface area contributed by atoms with Gasteiger partial charge in [-0.05, 0) is 67.9 Å². The molecular formula is C17H31NOS. The van der Waals surface area contributed by atoms with E-state index in [1.807, 2.05) is 0 Å². The molecule has 3 heterocycles. The fraction of sp³-hybridized carbons (Fsp3) is 1.00. The van der Waals surface area contributed by atoms with Gasteiger partial charge in [-0.1, -0.05) is 20.8 Å². The molecule has 2 nitrogen and oxygen atoms in total. The van der Waals surface area contributed by atoms with E-state index in [-0.39, 0.29) is 5.60 Å². The number of rotatable bonds is 1. The maximum atomic E-state index is 6.31. The molecule has 3 fully saturated rings. The Labute approximate surface area is 128 Å². The van der Waals surface area contributed by atoms with Crippen molar-refractivity contribution in [2.75, 3.05) is 24.7 Å². The van der Waals surface area contributed by atoms with Crippen molar-refractivity contribution >= 4 is 11.8 Å². The highest BCUT2D eigenvalue weighted by Crippen LogP contribution is 2.50. The van der Waals surface area contributed by atoms with Crippen LogP contribution in [0.2, 0.25) is 0 Å². The van der Waals surface area contributed by atoms with Crippen LogP contribution in [0, 0.1) is 11.3 Å². The van der Waals surface area contributed by atoms with Gasteiger partial charge in [0, 0.05) is 12.1 Å². The lowest BCUT2D eigenvalue weighted by molar-refractivity contribution is -0.125. The molecule has 3 aliphatic rings. The smallest absolute Gasteiger partial charge is 0.0701 e. The lowest BCUT2D eigenvalue weighted by Crippen LogP contribution is -2.60. The summed E-state index contributed by atoms with van der Waals surface area (Å²) in [6, 6.07) is 0. The predicted molar refractivity (Wildman–Crippen MR) is 87.4 cm³/mol. The molecule has 0 amide bonds. The van der Waals surface area contributed by atoms with E-state index in [1.165, 1.54) is 56.6 Å². The number of hydrogen-bond acceptors (Lipinski definition) is 3. The summed E-state index contributed by atoms with van der Waals surface area (Å²) in [5, 5.41) is 3.94. The zero-order valence-electron chi connectivity index (χ0n) is 13.5. The quantitative estimate of drug-likeness (QED) is 0.794. The summed E-state index contributed by atoms with van der Waals surface area (Å²) >= 11 is 2.11. The first-order chi connectivity index (χ1) is 9.48. The maximum Gasteiger partial charge on any atom is 0.0701 e. The molecule has 0 aromatic carbocycles. The average molecular weight is 298 g/mol. The van der Waals surface area contributed by atoms with E-state index in [0.29, 0.717) is 11.0 Å². The Morgan fingerprint density at radius 1 is 1.15 bits per heavy atom. The van der Waals surface area contributed by atoms with Crippen molar-refractivity contribution in [3.63, 3.8) is 0 Å². The Balaban J connectivity index is 1.81. The van der Waals surface area contributed by atoms with Crippen molar-refractivity contribution in [1.29, 1.82) is 0 Å². The van der Waals surface area contributed by atoms with Crippen LogP contribution >= 0.6 is 11.8 Å². The largest absolute Gasteiger partial charge is 0.375 e. The molecule has 3 aliphatic heterocycles. The fourth-order valence-electron chi connectivity index (χ4n) is 4.91. The van der Waals surface area contributed by atoms with Crippen molar-refractivity contribution in [2.24, 2.45) is 11.3 Å². The van der Waals surface area contributed by atoms with Crippen molar-refractivity contribution < 1.29 is 4.74 Å². The van der Waals surface area contributed by atoms with Gasteiger partial charge in [-0.25, -0.2) is 0 Å². The zero-order chi connectivity index (χ0) is 14.3. The Bertz CT molecular complexity index is 332. The van der Waals surface area contributed by atoms with E-state index in [1.54, 1.807) is 0 Å². The van der Waals surface area contributed by atoms with Gasteiger partial charge in [0.2, 0.25) is 0 Å². The van der Waals surface area contributed by atoms with E-state index in [9.17, 15) is 0 Å². The monoisotopic (exact) mass is 297 g/mol. The van der Waals surface area contributed by atoms with Crippen LogP contribution in [0.5, 0.6) is 0 Å². The van der Waals surface area contributed by atoms with Crippen molar-refractivity contribution in [2.45, 2.75) is 70.4 Å². The van der Waals surface area contributed by atoms with Gasteiger partial charge in [0.1, 0.15) is 0 Å². The minimum Gasteiger partial charge on any atom is -0.375 e. The van der Waals surface area contributed by atoms with Gasteiger partial charge < -0.3 is 10.1 Å². The molecular weight excluding hydrogens is 266 g/mol. The molecule has 0 aliphatic carbocycles. The van der Waals surface area contributed by atoms with Gasteiger partial charge in [-0.15, -0.1) is 0 Å². The zero-order valence-corrected chi connectivity index (χ0v) is 14.3. The summed E-state index contributed by atoms with van der Waals surface area (Å²) in [5.41, 5.74) is 0.904. The van der Waals surface area contributed by atoms with Gasteiger partial charge in [-0.3, -0.25) is 0 Å². The Kier molecular flexibility index (Phi) is 4.16. The minimum absolute atomic E-state index is 0.219. The van der Waals surface area contributed by atoms with E-state index in [2.05, 4.69) is 37.8 Å². The van der Waals surface area contributed by atoms with Crippen LogP contribution in [0.1, 0.15) is 59.3 Å². The molecule has 20 heavy (non-hydrogen) atoms. The van der Waals surface area contributed by atoms with E-state index in [4.69, 9.17) is 4.74 Å². The van der Waals surface area contributed by atoms with Gasteiger partial charge in [0.15, 0.2) is 0 Å². The first-order valence-electron chi connectivity index (χ1n) is 8.44. The molecule has 1 spiro atoms. The molecule has 0 saturated carbocycles. The number of thioether (sulfide) groups is 1. The molecule has 3 saturated heterocycles. The lowest BCUT2D eigenvalue weighted by atomic mass is 9.61. The molecule has 3 rings (SSSR count). The Morgan fingerprint density at radius 3 is 2.50 bits per heavy atom. The summed E-state index contributed by atoms with van der Waals surface area (Å²) in [4.78, 5) is 0. The summed E-state index contributed by atoms with van der Waals surface area (Å²) in [6.07, 6.45) is 7.78. The fourth-order valence-corrected chi connectivity index (χ4v) is 6.15. The molecule has 0 radical (unpaired) electrons. The van der Waals surface area contributed by atoms with Crippen LogP contribution in [-0.4, -0.2) is 35.8 Å². The topological polar surface area (TPSA) is 21.3 Å². The molecule has 116 valence electrons. The third kappa shape index (κ3) is 2.55. The van der Waals surface area contributed by atoms with Crippen LogP contribution in [0.15, 0.2) is 0 Å². The van der Waals surface area contributed by atoms with Gasteiger partial charge in [0.05, 0.1) is 5.60 Å². The normalized spacial score (nSPS) is 38.2. The molecule has 2 atom stereocenters. The van der Waals surface area contributed by atoms with E-state index < -0.39 is 0 Å². The highest BCUT2D eigenvalue weighted by molar-refractivity contribution is 7.99. The third-order valence-electron chi connectivity index (χ3n) is 6.12. The maximum absolute atomic E-state index is 6.31. The van der Waals surface area contributed by atoms with Gasteiger partial charge >= 0.3 is 0 Å². The van der Waals surface area contributed by atoms with Gasteiger partial charge in [0.25, 0.3) is 0 Å². The van der Waals surface area contributed by atoms with Crippen molar-refractivity contribution in [3.05, 3.63) is 0 Å². The van der Waals surface area contributed by atoms with Crippen LogP contribution in [0.4, 0.5) is 0 Å². The molecule has 2 unspecified atom stereocenters. The van der Waals surface area contributed by atoms with E-state index >= 15 is 0 Å². The molecule has 3 heteroatoms. The van der Waals surface area contributed by atoms with Crippen LogP contribution < -0.4 is 5.32 Å².